The highest BCUT2D eigenvalue weighted by molar-refractivity contribution is 7.99. The Hall–Kier alpha value is -2.12. The van der Waals surface area contributed by atoms with Gasteiger partial charge in [-0.25, -0.2) is 4.98 Å². The van der Waals surface area contributed by atoms with Gasteiger partial charge in [-0.05, 0) is 35.4 Å². The van der Waals surface area contributed by atoms with Crippen molar-refractivity contribution in [2.45, 2.75) is 24.0 Å². The van der Waals surface area contributed by atoms with Crippen LogP contribution in [0.1, 0.15) is 23.6 Å². The zero-order valence-corrected chi connectivity index (χ0v) is 15.3. The van der Waals surface area contributed by atoms with Crippen LogP contribution in [0.5, 0.6) is 0 Å². The first-order valence-electron chi connectivity index (χ1n) is 8.07. The number of nitrogens with zero attached hydrogens (tertiary/aromatic N) is 2. The first-order valence-corrected chi connectivity index (χ1v) is 9.94. The zero-order valence-electron chi connectivity index (χ0n) is 13.7. The highest BCUT2D eigenvalue weighted by atomic mass is 32.2. The topological polar surface area (TPSA) is 64.0 Å². The Balaban J connectivity index is 1.45. The lowest BCUT2D eigenvalue weighted by molar-refractivity contribution is -0.119. The van der Waals surface area contributed by atoms with Gasteiger partial charge in [-0.15, -0.1) is 11.3 Å². The number of hydrogen-bond donors (Lipinski definition) is 1. The van der Waals surface area contributed by atoms with Crippen molar-refractivity contribution >= 4 is 39.2 Å². The summed E-state index contributed by atoms with van der Waals surface area (Å²) in [4.78, 5) is 29.1. The number of carbonyl (C=O) groups is 1. The number of benzene rings is 1. The van der Waals surface area contributed by atoms with E-state index in [-0.39, 0.29) is 23.3 Å². The summed E-state index contributed by atoms with van der Waals surface area (Å²) in [5, 5.41) is 5.53. The molecule has 2 heterocycles. The molecular weight excluding hydrogens is 354 g/mol. The monoisotopic (exact) mass is 371 g/mol. The Labute approximate surface area is 153 Å². The molecule has 0 spiro atoms. The second kappa shape index (κ2) is 6.65. The van der Waals surface area contributed by atoms with Crippen molar-refractivity contribution in [3.63, 3.8) is 0 Å². The van der Waals surface area contributed by atoms with E-state index in [0.717, 1.165) is 12.8 Å². The molecule has 1 atom stereocenters. The standard InChI is InChI=1S/C18H17N3O2S2/c1-21-17(23)16-14(8-9-24-16)20-18(21)25-10-15(22)19-13-7-6-11-4-2-3-5-12(11)13/h2-5,8-9,13H,6-7,10H2,1H3,(H,19,22). The maximum Gasteiger partial charge on any atom is 0.271 e. The lowest BCUT2D eigenvalue weighted by Crippen LogP contribution is -2.29. The Morgan fingerprint density at radius 2 is 2.24 bits per heavy atom. The molecular formula is C18H17N3O2S2. The Bertz CT molecular complexity index is 1010. The van der Waals surface area contributed by atoms with E-state index >= 15 is 0 Å². The van der Waals surface area contributed by atoms with Crippen LogP contribution in [0.15, 0.2) is 45.7 Å². The fraction of sp³-hybridized carbons (Fsp3) is 0.278. The molecule has 128 valence electrons. The second-order valence-electron chi connectivity index (χ2n) is 6.04. The fourth-order valence-electron chi connectivity index (χ4n) is 3.17. The van der Waals surface area contributed by atoms with E-state index in [1.165, 1.54) is 38.8 Å². The van der Waals surface area contributed by atoms with E-state index in [0.29, 0.717) is 15.4 Å². The van der Waals surface area contributed by atoms with Gasteiger partial charge in [0.1, 0.15) is 4.70 Å². The number of carbonyl (C=O) groups excluding carboxylic acids is 1. The van der Waals surface area contributed by atoms with Crippen LogP contribution < -0.4 is 10.9 Å². The molecule has 1 amide bonds. The average molecular weight is 371 g/mol. The molecule has 2 aromatic heterocycles. The highest BCUT2D eigenvalue weighted by Gasteiger charge is 2.23. The average Bonchev–Trinajstić information content (AvgIpc) is 3.24. The molecule has 7 heteroatoms. The smallest absolute Gasteiger partial charge is 0.271 e. The van der Waals surface area contributed by atoms with Crippen molar-refractivity contribution in [1.82, 2.24) is 14.9 Å². The summed E-state index contributed by atoms with van der Waals surface area (Å²) in [7, 11) is 1.70. The number of nitrogens with one attached hydrogen (secondary N) is 1. The first-order chi connectivity index (χ1) is 12.1. The maximum absolute atomic E-state index is 12.3. The number of fused-ring (bicyclic) bond motifs is 2. The Kier molecular flexibility index (Phi) is 4.35. The summed E-state index contributed by atoms with van der Waals surface area (Å²) in [5.41, 5.74) is 3.16. The molecule has 0 fully saturated rings. The molecule has 25 heavy (non-hydrogen) atoms. The van der Waals surface area contributed by atoms with E-state index in [2.05, 4.69) is 22.4 Å². The van der Waals surface area contributed by atoms with Gasteiger partial charge in [0.05, 0.1) is 17.3 Å². The van der Waals surface area contributed by atoms with E-state index in [9.17, 15) is 9.59 Å². The number of amides is 1. The number of rotatable bonds is 4. The fourth-order valence-corrected chi connectivity index (χ4v) is 4.76. The molecule has 1 aliphatic carbocycles. The SMILES string of the molecule is Cn1c(SCC(=O)NC2CCc3ccccc32)nc2ccsc2c1=O. The van der Waals surface area contributed by atoms with E-state index < -0.39 is 0 Å². The molecule has 1 aromatic carbocycles. The summed E-state index contributed by atoms with van der Waals surface area (Å²) < 4.78 is 2.17. The molecule has 1 unspecified atom stereocenters. The number of aryl methyl sites for hydroxylation is 1. The molecule has 0 saturated carbocycles. The third kappa shape index (κ3) is 3.09. The first kappa shape index (κ1) is 16.4. The van der Waals surface area contributed by atoms with Crippen LogP contribution >= 0.6 is 23.1 Å². The molecule has 0 radical (unpaired) electrons. The minimum absolute atomic E-state index is 0.0358. The van der Waals surface area contributed by atoms with Crippen molar-refractivity contribution in [2.75, 3.05) is 5.75 Å². The van der Waals surface area contributed by atoms with Crippen molar-refractivity contribution < 1.29 is 4.79 Å². The van der Waals surface area contributed by atoms with Crippen LogP contribution in [0.25, 0.3) is 10.2 Å². The van der Waals surface area contributed by atoms with Gasteiger partial charge < -0.3 is 5.32 Å². The predicted molar refractivity (Wildman–Crippen MR) is 101 cm³/mol. The van der Waals surface area contributed by atoms with Gasteiger partial charge in [-0.3, -0.25) is 14.2 Å². The highest BCUT2D eigenvalue weighted by Crippen LogP contribution is 2.30. The molecule has 1 aliphatic rings. The summed E-state index contributed by atoms with van der Waals surface area (Å²) in [5.74, 6) is 0.209. The van der Waals surface area contributed by atoms with Gasteiger partial charge in [0.15, 0.2) is 5.16 Å². The number of hydrogen-bond acceptors (Lipinski definition) is 5. The van der Waals surface area contributed by atoms with Crippen molar-refractivity contribution in [3.8, 4) is 0 Å². The second-order valence-corrected chi connectivity index (χ2v) is 7.90. The van der Waals surface area contributed by atoms with Gasteiger partial charge >= 0.3 is 0 Å². The van der Waals surface area contributed by atoms with Crippen LogP contribution in [0.3, 0.4) is 0 Å². The Morgan fingerprint density at radius 3 is 3.12 bits per heavy atom. The van der Waals surface area contributed by atoms with Crippen molar-refractivity contribution in [2.24, 2.45) is 7.05 Å². The summed E-state index contributed by atoms with van der Waals surface area (Å²) >= 11 is 2.69. The number of thioether (sulfide) groups is 1. The van der Waals surface area contributed by atoms with Gasteiger partial charge in [-0.1, -0.05) is 36.0 Å². The van der Waals surface area contributed by atoms with E-state index in [4.69, 9.17) is 0 Å². The molecule has 0 saturated heterocycles. The number of aromatic nitrogens is 2. The van der Waals surface area contributed by atoms with Gasteiger partial charge in [-0.2, -0.15) is 0 Å². The van der Waals surface area contributed by atoms with Crippen LogP contribution in [0, 0.1) is 0 Å². The summed E-state index contributed by atoms with van der Waals surface area (Å²) in [6, 6.07) is 10.2. The number of thiophene rings is 1. The van der Waals surface area contributed by atoms with Crippen LogP contribution in [-0.2, 0) is 18.3 Å². The third-order valence-corrected chi connectivity index (χ3v) is 6.37. The molecule has 5 nitrogen and oxygen atoms in total. The summed E-state index contributed by atoms with van der Waals surface area (Å²) in [6.07, 6.45) is 1.94. The molecule has 4 rings (SSSR count). The predicted octanol–water partition coefficient (Wildman–Crippen LogP) is 2.89. The minimum atomic E-state index is -0.0624. The van der Waals surface area contributed by atoms with Crippen molar-refractivity contribution in [3.05, 3.63) is 57.2 Å². The quantitative estimate of drug-likeness (QED) is 0.566. The lowest BCUT2D eigenvalue weighted by atomic mass is 10.1. The maximum atomic E-state index is 12.3. The zero-order chi connectivity index (χ0) is 17.4. The molecule has 3 aromatic rings. The van der Waals surface area contributed by atoms with E-state index in [1.54, 1.807) is 7.05 Å². The van der Waals surface area contributed by atoms with Crippen molar-refractivity contribution in [1.29, 1.82) is 0 Å². The normalized spacial score (nSPS) is 16.1. The molecule has 1 N–H and O–H groups in total. The minimum Gasteiger partial charge on any atom is -0.349 e. The van der Waals surface area contributed by atoms with E-state index in [1.807, 2.05) is 23.6 Å². The largest absolute Gasteiger partial charge is 0.349 e. The van der Waals surface area contributed by atoms with Gasteiger partial charge in [0.25, 0.3) is 5.56 Å². The third-order valence-electron chi connectivity index (χ3n) is 4.45. The lowest BCUT2D eigenvalue weighted by Gasteiger charge is -2.14. The van der Waals surface area contributed by atoms with Gasteiger partial charge in [0.2, 0.25) is 5.91 Å². The summed E-state index contributed by atoms with van der Waals surface area (Å²) in [6.45, 7) is 0. The van der Waals surface area contributed by atoms with Crippen LogP contribution in [0.2, 0.25) is 0 Å². The van der Waals surface area contributed by atoms with Crippen LogP contribution in [-0.4, -0.2) is 21.2 Å². The van der Waals surface area contributed by atoms with Gasteiger partial charge in [0, 0.05) is 7.05 Å². The molecule has 0 bridgehead atoms. The van der Waals surface area contributed by atoms with Crippen LogP contribution in [0.4, 0.5) is 0 Å². The molecule has 0 aliphatic heterocycles. The Morgan fingerprint density at radius 1 is 1.40 bits per heavy atom.